The number of rotatable bonds is 5. The van der Waals surface area contributed by atoms with Gasteiger partial charge in [-0.1, -0.05) is 6.58 Å². The van der Waals surface area contributed by atoms with Crippen LogP contribution in [0, 0.1) is 9.81 Å². The van der Waals surface area contributed by atoms with E-state index in [1.807, 2.05) is 0 Å². The van der Waals surface area contributed by atoms with Crippen LogP contribution in [0.5, 0.6) is 5.75 Å². The van der Waals surface area contributed by atoms with Crippen molar-refractivity contribution >= 4 is 17.3 Å². The first-order chi connectivity index (χ1) is 8.01. The summed E-state index contributed by atoms with van der Waals surface area (Å²) in [7, 11) is 1.17. The predicted molar refractivity (Wildman–Crippen MR) is 58.9 cm³/mol. The van der Waals surface area contributed by atoms with E-state index in [9.17, 15) is 14.6 Å². The zero-order valence-corrected chi connectivity index (χ0v) is 8.91. The summed E-state index contributed by atoms with van der Waals surface area (Å²) in [4.78, 5) is 32.6. The maximum atomic E-state index is 11.1. The number of ether oxygens (including phenoxy) is 1. The number of nitroso groups, excluding NO2 is 2. The number of benzene rings is 1. The molecule has 0 fully saturated rings. The lowest BCUT2D eigenvalue weighted by molar-refractivity contribution is -0.428. The molecule has 0 saturated heterocycles. The van der Waals surface area contributed by atoms with Gasteiger partial charge >= 0.3 is 5.97 Å². The molecule has 0 aliphatic heterocycles. The lowest BCUT2D eigenvalue weighted by Crippen LogP contribution is -2.02. The first kappa shape index (κ1) is 12.5. The Hall–Kier alpha value is -2.57. The summed E-state index contributed by atoms with van der Waals surface area (Å²) in [6.45, 7) is 3.26. The average molecular weight is 237 g/mol. The van der Waals surface area contributed by atoms with Crippen molar-refractivity contribution in [3.8, 4) is 5.75 Å². The lowest BCUT2D eigenvalue weighted by Gasteiger charge is -2.05. The zero-order chi connectivity index (χ0) is 13.0. The van der Waals surface area contributed by atoms with Gasteiger partial charge in [-0.25, -0.2) is 4.79 Å². The van der Waals surface area contributed by atoms with Crippen LogP contribution in [0.15, 0.2) is 30.2 Å². The van der Waals surface area contributed by atoms with Gasteiger partial charge in [0.05, 0.1) is 6.26 Å². The highest BCUT2D eigenvalue weighted by molar-refractivity contribution is 5.94. The van der Waals surface area contributed by atoms with Crippen molar-refractivity contribution in [2.24, 2.45) is 5.18 Å². The van der Waals surface area contributed by atoms with E-state index in [1.54, 1.807) is 0 Å². The quantitative estimate of drug-likeness (QED) is 0.481. The molecular formula is C10H9N2O5+. The smallest absolute Gasteiger partial charge is 0.339 e. The number of hydrogen-bond acceptors (Lipinski definition) is 5. The Labute approximate surface area is 95.9 Å². The van der Waals surface area contributed by atoms with Crippen molar-refractivity contribution in [3.05, 3.63) is 40.4 Å². The van der Waals surface area contributed by atoms with E-state index < -0.39 is 5.97 Å². The first-order valence-corrected chi connectivity index (χ1v) is 4.44. The first-order valence-electron chi connectivity index (χ1n) is 4.44. The summed E-state index contributed by atoms with van der Waals surface area (Å²) in [5.41, 5.74) is -0.615. The largest absolute Gasteiger partial charge is 0.478 e. The van der Waals surface area contributed by atoms with E-state index in [0.717, 1.165) is 18.4 Å². The summed E-state index contributed by atoms with van der Waals surface area (Å²) in [6, 6.07) is 2.22. The lowest BCUT2D eigenvalue weighted by atomic mass is 10.1. The van der Waals surface area contributed by atoms with Crippen molar-refractivity contribution in [2.75, 3.05) is 7.05 Å². The van der Waals surface area contributed by atoms with Crippen molar-refractivity contribution < 1.29 is 19.4 Å². The minimum Gasteiger partial charge on any atom is -0.478 e. The number of carboxylic acids is 1. The molecule has 0 saturated carbocycles. The topological polar surface area (TPSA) is 96.0 Å². The fraction of sp³-hybridized carbons (Fsp3) is 0.100. The molecule has 7 nitrogen and oxygen atoms in total. The molecule has 1 aromatic rings. The van der Waals surface area contributed by atoms with Crippen LogP contribution in [0.2, 0.25) is 0 Å². The third kappa shape index (κ3) is 2.51. The van der Waals surface area contributed by atoms with E-state index in [4.69, 9.17) is 9.84 Å². The van der Waals surface area contributed by atoms with Gasteiger partial charge < -0.3 is 9.84 Å². The van der Waals surface area contributed by atoms with Crippen molar-refractivity contribution in [1.29, 1.82) is 0 Å². The fourth-order valence-electron chi connectivity index (χ4n) is 1.21. The molecule has 88 valence electrons. The standard InChI is InChI=1S/C10H8N2O5/c1-3-17-9-7(10(13)14)4-6(12(2)16)5-8(9)11-15/h3-5H,1H2,2H3/p+1. The molecule has 0 unspecified atom stereocenters. The molecule has 0 amide bonds. The summed E-state index contributed by atoms with van der Waals surface area (Å²) in [5, 5.41) is 11.6. The second-order valence-electron chi connectivity index (χ2n) is 3.02. The number of hydrogen-bond donors (Lipinski definition) is 1. The number of carboxylic acid groups (broad SMARTS) is 1. The van der Waals surface area contributed by atoms with Gasteiger partial charge in [0.15, 0.2) is 18.5 Å². The molecule has 1 rings (SSSR count). The Bertz CT molecular complexity index is 510. The molecule has 1 N–H and O–H groups in total. The minimum atomic E-state index is -1.34. The molecule has 7 heteroatoms. The van der Waals surface area contributed by atoms with Crippen LogP contribution in [0.4, 0.5) is 11.4 Å². The molecule has 0 spiro atoms. The molecule has 0 radical (unpaired) electrons. The maximum absolute atomic E-state index is 11.1. The molecule has 0 atom stereocenters. The molecular weight excluding hydrogens is 228 g/mol. The second-order valence-corrected chi connectivity index (χ2v) is 3.02. The summed E-state index contributed by atoms with van der Waals surface area (Å²) < 4.78 is 5.24. The molecule has 0 aliphatic rings. The highest BCUT2D eigenvalue weighted by atomic mass is 16.5. The number of nitrogens with zero attached hydrogens (tertiary/aromatic N) is 2. The van der Waals surface area contributed by atoms with E-state index in [1.165, 1.54) is 7.05 Å². The third-order valence-electron chi connectivity index (χ3n) is 1.95. The zero-order valence-electron chi connectivity index (χ0n) is 8.91. The Kier molecular flexibility index (Phi) is 3.66. The average Bonchev–Trinajstić information content (AvgIpc) is 2.28. The summed E-state index contributed by atoms with van der Waals surface area (Å²) in [5.74, 6) is -1.58. The van der Waals surface area contributed by atoms with Crippen LogP contribution in [0.3, 0.4) is 0 Å². The number of aromatic carboxylic acids is 1. The van der Waals surface area contributed by atoms with Crippen LogP contribution >= 0.6 is 0 Å². The Morgan fingerprint density at radius 2 is 2.24 bits per heavy atom. The SMILES string of the molecule is C=COc1c(N=O)cc([N+](C)=O)cc1C(=O)O. The van der Waals surface area contributed by atoms with Crippen LogP contribution in [0.1, 0.15) is 10.4 Å². The van der Waals surface area contributed by atoms with Gasteiger partial charge in [-0.15, -0.1) is 4.91 Å². The fourth-order valence-corrected chi connectivity index (χ4v) is 1.21. The van der Waals surface area contributed by atoms with Gasteiger partial charge in [0, 0.05) is 21.8 Å². The molecule has 0 aromatic heterocycles. The van der Waals surface area contributed by atoms with E-state index >= 15 is 0 Å². The van der Waals surface area contributed by atoms with E-state index in [0.29, 0.717) is 4.76 Å². The van der Waals surface area contributed by atoms with Gasteiger partial charge in [0.1, 0.15) is 5.56 Å². The van der Waals surface area contributed by atoms with Gasteiger partial charge in [-0.2, -0.15) is 0 Å². The Morgan fingerprint density at radius 3 is 2.65 bits per heavy atom. The molecule has 17 heavy (non-hydrogen) atoms. The van der Waals surface area contributed by atoms with Crippen LogP contribution in [-0.4, -0.2) is 22.9 Å². The number of carbonyl (C=O) groups is 1. The maximum Gasteiger partial charge on any atom is 0.339 e. The van der Waals surface area contributed by atoms with Crippen molar-refractivity contribution in [2.45, 2.75) is 0 Å². The normalized spacial score (nSPS) is 9.47. The molecule has 0 aliphatic carbocycles. The van der Waals surface area contributed by atoms with Gasteiger partial charge in [0.2, 0.25) is 0 Å². The summed E-state index contributed by atoms with van der Waals surface area (Å²) >= 11 is 0. The molecule has 0 bridgehead atoms. The van der Waals surface area contributed by atoms with Gasteiger partial charge in [-0.3, -0.25) is 0 Å². The predicted octanol–water partition coefficient (Wildman–Crippen LogP) is 2.35. The highest BCUT2D eigenvalue weighted by Gasteiger charge is 2.22. The van der Waals surface area contributed by atoms with Crippen LogP contribution < -0.4 is 4.74 Å². The van der Waals surface area contributed by atoms with Crippen LogP contribution in [-0.2, 0) is 0 Å². The van der Waals surface area contributed by atoms with Crippen molar-refractivity contribution in [1.82, 2.24) is 0 Å². The van der Waals surface area contributed by atoms with Crippen molar-refractivity contribution in [3.63, 3.8) is 0 Å². The van der Waals surface area contributed by atoms with E-state index in [2.05, 4.69) is 11.8 Å². The van der Waals surface area contributed by atoms with E-state index in [-0.39, 0.29) is 22.7 Å². The highest BCUT2D eigenvalue weighted by Crippen LogP contribution is 2.35. The monoisotopic (exact) mass is 237 g/mol. The third-order valence-corrected chi connectivity index (χ3v) is 1.95. The minimum absolute atomic E-state index is 0.00610. The molecule has 1 aromatic carbocycles. The van der Waals surface area contributed by atoms with Gasteiger partial charge in [0.25, 0.3) is 5.69 Å². The Morgan fingerprint density at radius 1 is 1.59 bits per heavy atom. The summed E-state index contributed by atoms with van der Waals surface area (Å²) in [6.07, 6.45) is 0.969. The second kappa shape index (κ2) is 4.97. The Balaban J connectivity index is 3.56. The van der Waals surface area contributed by atoms with Crippen LogP contribution in [0.25, 0.3) is 0 Å². The molecule has 0 heterocycles. The van der Waals surface area contributed by atoms with Gasteiger partial charge in [-0.05, 0) is 5.18 Å².